The number of hydrogen-bond donors (Lipinski definition) is 2. The molecule has 2 heterocycles. The molecular formula is C21H18F3N3O2S. The molecule has 0 unspecified atom stereocenters. The summed E-state index contributed by atoms with van der Waals surface area (Å²) < 4.78 is 40.7. The highest BCUT2D eigenvalue weighted by Crippen LogP contribution is 2.36. The predicted octanol–water partition coefficient (Wildman–Crippen LogP) is 4.68. The number of nitrogens with zero attached hydrogens (tertiary/aromatic N) is 2. The van der Waals surface area contributed by atoms with E-state index >= 15 is 0 Å². The normalized spacial score (nSPS) is 12.0. The molecule has 9 heteroatoms. The molecule has 2 aromatic heterocycles. The molecule has 0 aliphatic carbocycles. The van der Waals surface area contributed by atoms with Gasteiger partial charge >= 0.3 is 6.18 Å². The van der Waals surface area contributed by atoms with Gasteiger partial charge in [0.1, 0.15) is 10.3 Å². The average molecular weight is 433 g/mol. The number of aliphatic hydroxyl groups is 1. The Morgan fingerprint density at radius 2 is 1.93 bits per heavy atom. The molecule has 0 fully saturated rings. The van der Waals surface area contributed by atoms with Crippen LogP contribution in [-0.4, -0.2) is 33.7 Å². The van der Waals surface area contributed by atoms with Gasteiger partial charge in [0.15, 0.2) is 0 Å². The van der Waals surface area contributed by atoms with E-state index < -0.39 is 11.7 Å². The molecule has 0 radical (unpaired) electrons. The van der Waals surface area contributed by atoms with Gasteiger partial charge in [0, 0.05) is 29.8 Å². The summed E-state index contributed by atoms with van der Waals surface area (Å²) in [6.45, 7) is 2.22. The Hall–Kier alpha value is -2.91. The van der Waals surface area contributed by atoms with E-state index in [4.69, 9.17) is 5.11 Å². The van der Waals surface area contributed by atoms with Gasteiger partial charge < -0.3 is 10.4 Å². The molecule has 5 nitrogen and oxygen atoms in total. The first-order valence-electron chi connectivity index (χ1n) is 9.28. The average Bonchev–Trinajstić information content (AvgIpc) is 3.22. The zero-order valence-electron chi connectivity index (χ0n) is 16.0. The van der Waals surface area contributed by atoms with Crippen LogP contribution in [0.25, 0.3) is 26.9 Å². The minimum atomic E-state index is -4.40. The maximum atomic E-state index is 12.9. The second-order valence-electron chi connectivity index (χ2n) is 6.83. The lowest BCUT2D eigenvalue weighted by molar-refractivity contribution is -0.137. The van der Waals surface area contributed by atoms with Crippen molar-refractivity contribution in [1.29, 1.82) is 0 Å². The van der Waals surface area contributed by atoms with Crippen molar-refractivity contribution in [2.45, 2.75) is 19.5 Å². The molecule has 1 amide bonds. The zero-order valence-corrected chi connectivity index (χ0v) is 16.8. The Kier molecular flexibility index (Phi) is 5.25. The quantitative estimate of drug-likeness (QED) is 0.449. The molecule has 4 aromatic rings. The number of carbonyl (C=O) groups is 1. The van der Waals surface area contributed by atoms with Gasteiger partial charge in [-0.2, -0.15) is 13.2 Å². The van der Waals surface area contributed by atoms with Crippen LogP contribution in [0.15, 0.2) is 42.5 Å². The van der Waals surface area contributed by atoms with Crippen LogP contribution < -0.4 is 5.32 Å². The molecule has 0 bridgehead atoms. The summed E-state index contributed by atoms with van der Waals surface area (Å²) >= 11 is 1.44. The van der Waals surface area contributed by atoms with Gasteiger partial charge in [-0.25, -0.2) is 4.98 Å². The lowest BCUT2D eigenvalue weighted by Crippen LogP contribution is -2.24. The van der Waals surface area contributed by atoms with Crippen LogP contribution in [0.1, 0.15) is 27.3 Å². The molecule has 156 valence electrons. The van der Waals surface area contributed by atoms with Gasteiger partial charge in [0.05, 0.1) is 16.1 Å². The van der Waals surface area contributed by atoms with Crippen molar-refractivity contribution in [3.63, 3.8) is 0 Å². The zero-order chi connectivity index (χ0) is 21.5. The topological polar surface area (TPSA) is 67.2 Å². The van der Waals surface area contributed by atoms with Crippen molar-refractivity contribution >= 4 is 38.5 Å². The first-order valence-corrected chi connectivity index (χ1v) is 10.1. The van der Waals surface area contributed by atoms with Crippen molar-refractivity contribution in [3.05, 3.63) is 58.6 Å². The van der Waals surface area contributed by atoms with E-state index in [0.29, 0.717) is 29.7 Å². The number of fused-ring (bicyclic) bond motifs is 3. The predicted molar refractivity (Wildman–Crippen MR) is 110 cm³/mol. The van der Waals surface area contributed by atoms with Gasteiger partial charge in [-0.15, -0.1) is 11.3 Å². The van der Waals surface area contributed by atoms with Crippen molar-refractivity contribution < 1.29 is 23.1 Å². The third kappa shape index (κ3) is 3.66. The Balaban J connectivity index is 1.82. The summed E-state index contributed by atoms with van der Waals surface area (Å²) in [6, 6.07) is 10.2. The Morgan fingerprint density at radius 3 is 2.60 bits per heavy atom. The Morgan fingerprint density at radius 1 is 1.20 bits per heavy atom. The van der Waals surface area contributed by atoms with Crippen molar-refractivity contribution in [2.24, 2.45) is 0 Å². The molecule has 2 N–H and O–H groups in total. The maximum Gasteiger partial charge on any atom is 0.416 e. The van der Waals surface area contributed by atoms with E-state index in [-0.39, 0.29) is 12.5 Å². The van der Waals surface area contributed by atoms with Crippen LogP contribution >= 0.6 is 11.3 Å². The highest BCUT2D eigenvalue weighted by atomic mass is 32.1. The summed E-state index contributed by atoms with van der Waals surface area (Å²) in [5.74, 6) is -0.257. The molecular weight excluding hydrogens is 415 g/mol. The number of rotatable bonds is 5. The number of carbonyl (C=O) groups excluding carboxylic acids is 1. The molecule has 0 aliphatic heterocycles. The number of nitrogens with one attached hydrogen (secondary N) is 1. The third-order valence-electron chi connectivity index (χ3n) is 4.75. The number of aryl methyl sites for hydroxylation is 1. The minimum absolute atomic E-state index is 0.00594. The van der Waals surface area contributed by atoms with Gasteiger partial charge in [0.2, 0.25) is 0 Å². The highest BCUT2D eigenvalue weighted by Gasteiger charge is 2.30. The molecule has 0 aliphatic rings. The molecule has 0 atom stereocenters. The number of aliphatic hydroxyl groups excluding tert-OH is 1. The van der Waals surface area contributed by atoms with Gasteiger partial charge in [-0.3, -0.25) is 9.36 Å². The summed E-state index contributed by atoms with van der Waals surface area (Å²) in [6.07, 6.45) is -3.93. The number of thiazole rings is 1. The van der Waals surface area contributed by atoms with Crippen molar-refractivity contribution in [2.75, 3.05) is 13.2 Å². The standard InChI is InChI=1S/C21H18F3N3O2S/c1-12-26-18-16-11-13(19(29)25-9-2-10-28)3-8-17(16)27(20(18)30-12)15-6-4-14(5-7-15)21(22,23)24/h3-8,11,28H,2,9-10H2,1H3,(H,25,29). The first kappa shape index (κ1) is 20.4. The van der Waals surface area contributed by atoms with E-state index in [2.05, 4.69) is 10.3 Å². The van der Waals surface area contributed by atoms with Crippen molar-refractivity contribution in [3.8, 4) is 5.69 Å². The number of amides is 1. The fourth-order valence-electron chi connectivity index (χ4n) is 3.35. The lowest BCUT2D eigenvalue weighted by Gasteiger charge is -2.10. The maximum absolute atomic E-state index is 12.9. The number of alkyl halides is 3. The van der Waals surface area contributed by atoms with Crippen LogP contribution in [0.5, 0.6) is 0 Å². The van der Waals surface area contributed by atoms with Crippen molar-refractivity contribution in [1.82, 2.24) is 14.9 Å². The van der Waals surface area contributed by atoms with Gasteiger partial charge in [0.25, 0.3) is 5.91 Å². The lowest BCUT2D eigenvalue weighted by atomic mass is 10.1. The van der Waals surface area contributed by atoms with E-state index in [1.807, 2.05) is 11.5 Å². The molecule has 4 rings (SSSR count). The largest absolute Gasteiger partial charge is 0.416 e. The van der Waals surface area contributed by atoms with Gasteiger partial charge in [-0.05, 0) is 55.8 Å². The third-order valence-corrected chi connectivity index (χ3v) is 5.70. The highest BCUT2D eigenvalue weighted by molar-refractivity contribution is 7.18. The molecule has 0 saturated carbocycles. The van der Waals surface area contributed by atoms with Crippen LogP contribution in [0.4, 0.5) is 13.2 Å². The monoisotopic (exact) mass is 433 g/mol. The molecule has 30 heavy (non-hydrogen) atoms. The molecule has 2 aromatic carbocycles. The molecule has 0 saturated heterocycles. The number of hydrogen-bond acceptors (Lipinski definition) is 4. The first-order chi connectivity index (χ1) is 14.3. The number of benzene rings is 2. The van der Waals surface area contributed by atoms with Crippen LogP contribution in [0.3, 0.4) is 0 Å². The summed E-state index contributed by atoms with van der Waals surface area (Å²) in [7, 11) is 0. The van der Waals surface area contributed by atoms with Gasteiger partial charge in [-0.1, -0.05) is 0 Å². The van der Waals surface area contributed by atoms with E-state index in [9.17, 15) is 18.0 Å². The fourth-order valence-corrected chi connectivity index (χ4v) is 4.32. The van der Waals surface area contributed by atoms with Crippen LogP contribution in [-0.2, 0) is 6.18 Å². The summed E-state index contributed by atoms with van der Waals surface area (Å²) in [5, 5.41) is 13.2. The Labute approximate surface area is 173 Å². The van der Waals surface area contributed by atoms with E-state index in [1.54, 1.807) is 18.2 Å². The fraction of sp³-hybridized carbons (Fsp3) is 0.238. The number of halogens is 3. The van der Waals surface area contributed by atoms with Crippen LogP contribution in [0.2, 0.25) is 0 Å². The van der Waals surface area contributed by atoms with E-state index in [0.717, 1.165) is 32.9 Å². The smallest absolute Gasteiger partial charge is 0.396 e. The second kappa shape index (κ2) is 7.73. The minimum Gasteiger partial charge on any atom is -0.396 e. The second-order valence-corrected chi connectivity index (χ2v) is 8.01. The Bertz CT molecular complexity index is 1230. The van der Waals surface area contributed by atoms with E-state index in [1.165, 1.54) is 23.5 Å². The SMILES string of the molecule is Cc1nc2c3cc(C(=O)NCCCO)ccc3n(-c3ccc(C(F)(F)F)cc3)c2s1. The summed E-state index contributed by atoms with van der Waals surface area (Å²) in [4.78, 5) is 17.8. The van der Waals surface area contributed by atoms with Crippen LogP contribution in [0, 0.1) is 6.92 Å². The molecule has 0 spiro atoms. The summed E-state index contributed by atoms with van der Waals surface area (Å²) in [5.41, 5.74) is 1.80. The number of aromatic nitrogens is 2.